The second kappa shape index (κ2) is 11.3. The molecular formula is C31H33ClN2O2. The molecule has 36 heavy (non-hydrogen) atoms. The first kappa shape index (κ1) is 25.9. The molecule has 1 N–H and O–H groups in total. The van der Waals surface area contributed by atoms with E-state index in [2.05, 4.69) is 37.3 Å². The van der Waals surface area contributed by atoms with Crippen molar-refractivity contribution in [1.29, 1.82) is 5.26 Å². The molecule has 0 aliphatic carbocycles. The number of carbonyl (C=O) groups excluding carboxylic acids is 1. The summed E-state index contributed by atoms with van der Waals surface area (Å²) in [4.78, 5) is 15.0. The molecule has 1 saturated heterocycles. The molecule has 0 aromatic heterocycles. The van der Waals surface area contributed by atoms with Gasteiger partial charge < -0.3 is 10.0 Å². The Morgan fingerprint density at radius 1 is 1.17 bits per heavy atom. The lowest BCUT2D eigenvalue weighted by molar-refractivity contribution is -0.149. The number of aliphatic hydroxyl groups is 1. The minimum absolute atomic E-state index is 0.230. The van der Waals surface area contributed by atoms with Gasteiger partial charge in [-0.2, -0.15) is 5.26 Å². The predicted octanol–water partition coefficient (Wildman–Crippen LogP) is 6.38. The Balaban J connectivity index is 1.45. The molecule has 3 aromatic carbocycles. The van der Waals surface area contributed by atoms with Gasteiger partial charge in [-0.15, -0.1) is 0 Å². The zero-order valence-electron chi connectivity index (χ0n) is 21.0. The summed E-state index contributed by atoms with van der Waals surface area (Å²) in [5.41, 5.74) is 3.30. The normalized spacial score (nSPS) is 17.9. The number of aryl methyl sites for hydroxylation is 1. The molecule has 186 valence electrons. The summed E-state index contributed by atoms with van der Waals surface area (Å²) in [7, 11) is 0. The van der Waals surface area contributed by atoms with Crippen LogP contribution < -0.4 is 0 Å². The molecule has 1 fully saturated rings. The highest BCUT2D eigenvalue weighted by Gasteiger charge is 2.39. The summed E-state index contributed by atoms with van der Waals surface area (Å²) < 4.78 is 0. The van der Waals surface area contributed by atoms with Crippen LogP contribution in [0.4, 0.5) is 0 Å². The molecule has 1 aliphatic heterocycles. The van der Waals surface area contributed by atoms with E-state index in [9.17, 15) is 15.2 Å². The molecule has 3 atom stereocenters. The topological polar surface area (TPSA) is 64.3 Å². The number of halogens is 1. The number of amides is 1. The zero-order chi connectivity index (χ0) is 25.7. The maximum Gasteiger partial charge on any atom is 0.258 e. The third-order valence-electron chi connectivity index (χ3n) is 7.56. The van der Waals surface area contributed by atoms with Crippen LogP contribution in [0.1, 0.15) is 59.9 Å². The van der Waals surface area contributed by atoms with Crippen molar-refractivity contribution < 1.29 is 9.90 Å². The van der Waals surface area contributed by atoms with E-state index >= 15 is 0 Å². The number of rotatable bonds is 8. The molecule has 1 unspecified atom stereocenters. The lowest BCUT2D eigenvalue weighted by atomic mass is 9.84. The van der Waals surface area contributed by atoms with Crippen LogP contribution in [-0.2, 0) is 16.8 Å². The summed E-state index contributed by atoms with van der Waals surface area (Å²) in [6.07, 6.45) is 3.76. The number of hydrogen-bond acceptors (Lipinski definition) is 3. The monoisotopic (exact) mass is 500 g/mol. The number of hydrogen-bond donors (Lipinski definition) is 1. The lowest BCUT2D eigenvalue weighted by Crippen LogP contribution is -2.44. The SMILES string of the molecule is Cc1ccccc1CC(CC[C@H]1CCN(C(=O)[C@](C)(O)c2ccccc2)C1)c1ccc(C#N)c(Cl)c1. The fourth-order valence-electron chi connectivity index (χ4n) is 5.25. The Morgan fingerprint density at radius 3 is 2.58 bits per heavy atom. The third-order valence-corrected chi connectivity index (χ3v) is 7.87. The fourth-order valence-corrected chi connectivity index (χ4v) is 5.48. The summed E-state index contributed by atoms with van der Waals surface area (Å²) >= 11 is 6.39. The first-order valence-electron chi connectivity index (χ1n) is 12.6. The van der Waals surface area contributed by atoms with Gasteiger partial charge in [0.2, 0.25) is 0 Å². The van der Waals surface area contributed by atoms with E-state index in [0.29, 0.717) is 35.2 Å². The number of nitrogens with zero attached hydrogens (tertiary/aromatic N) is 2. The number of likely N-dealkylation sites (tertiary alicyclic amines) is 1. The molecule has 1 amide bonds. The van der Waals surface area contributed by atoms with E-state index in [1.807, 2.05) is 41.3 Å². The van der Waals surface area contributed by atoms with Gasteiger partial charge in [0.1, 0.15) is 6.07 Å². The minimum atomic E-state index is -1.53. The van der Waals surface area contributed by atoms with Gasteiger partial charge >= 0.3 is 0 Å². The average Bonchev–Trinajstić information content (AvgIpc) is 3.36. The quantitative estimate of drug-likeness (QED) is 0.390. The van der Waals surface area contributed by atoms with Crippen LogP contribution >= 0.6 is 11.6 Å². The molecular weight excluding hydrogens is 468 g/mol. The van der Waals surface area contributed by atoms with Gasteiger partial charge in [-0.1, -0.05) is 72.3 Å². The minimum Gasteiger partial charge on any atom is -0.376 e. The van der Waals surface area contributed by atoms with Crippen molar-refractivity contribution in [3.8, 4) is 6.07 Å². The molecule has 0 radical (unpaired) electrons. The van der Waals surface area contributed by atoms with Crippen LogP contribution in [0.3, 0.4) is 0 Å². The predicted molar refractivity (Wildman–Crippen MR) is 144 cm³/mol. The summed E-state index contributed by atoms with van der Waals surface area (Å²) in [5, 5.41) is 20.8. The Labute approximate surface area is 219 Å². The van der Waals surface area contributed by atoms with E-state index in [1.54, 1.807) is 19.1 Å². The van der Waals surface area contributed by atoms with Crippen LogP contribution in [0, 0.1) is 24.2 Å². The Bertz CT molecular complexity index is 1250. The maximum atomic E-state index is 13.2. The van der Waals surface area contributed by atoms with E-state index in [-0.39, 0.29) is 11.8 Å². The average molecular weight is 501 g/mol. The van der Waals surface area contributed by atoms with Crippen LogP contribution in [-0.4, -0.2) is 29.0 Å². The van der Waals surface area contributed by atoms with E-state index < -0.39 is 5.60 Å². The van der Waals surface area contributed by atoms with E-state index in [4.69, 9.17) is 11.6 Å². The highest BCUT2D eigenvalue weighted by Crippen LogP contribution is 2.34. The standard InChI is InChI=1S/C31H33ClN2O2/c1-22-8-6-7-9-24(22)18-25(26-14-15-27(20-33)29(32)19-26)13-12-23-16-17-34(21-23)30(35)31(2,36)28-10-4-3-5-11-28/h3-11,14-15,19,23,25,36H,12-13,16-18,21H2,1-2H3/t23-,25?,31+/m0/s1. The van der Waals surface area contributed by atoms with Gasteiger partial charge in [-0.3, -0.25) is 4.79 Å². The number of carbonyl (C=O) groups is 1. The number of nitriles is 1. The Kier molecular flexibility index (Phi) is 8.14. The highest BCUT2D eigenvalue weighted by atomic mass is 35.5. The molecule has 4 rings (SSSR count). The molecule has 1 aliphatic rings. The van der Waals surface area contributed by atoms with Crippen molar-refractivity contribution in [2.75, 3.05) is 13.1 Å². The molecule has 4 nitrogen and oxygen atoms in total. The van der Waals surface area contributed by atoms with Crippen molar-refractivity contribution in [3.63, 3.8) is 0 Å². The summed E-state index contributed by atoms with van der Waals surface area (Å²) in [6, 6.07) is 25.5. The van der Waals surface area contributed by atoms with Crippen molar-refractivity contribution in [2.45, 2.75) is 51.0 Å². The first-order valence-corrected chi connectivity index (χ1v) is 13.0. The Morgan fingerprint density at radius 2 is 1.89 bits per heavy atom. The van der Waals surface area contributed by atoms with Gasteiger partial charge in [0, 0.05) is 13.1 Å². The highest BCUT2D eigenvalue weighted by molar-refractivity contribution is 6.31. The number of benzene rings is 3. The summed E-state index contributed by atoms with van der Waals surface area (Å²) in [6.45, 7) is 5.05. The van der Waals surface area contributed by atoms with E-state index in [1.165, 1.54) is 11.1 Å². The second-order valence-electron chi connectivity index (χ2n) is 10.1. The lowest BCUT2D eigenvalue weighted by Gasteiger charge is -2.28. The van der Waals surface area contributed by atoms with E-state index in [0.717, 1.165) is 31.2 Å². The molecule has 0 bridgehead atoms. The molecule has 0 saturated carbocycles. The van der Waals surface area contributed by atoms with Crippen LogP contribution in [0.2, 0.25) is 5.02 Å². The molecule has 0 spiro atoms. The first-order chi connectivity index (χ1) is 17.3. The van der Waals surface area contributed by atoms with Gasteiger partial charge in [-0.05, 0) is 85.8 Å². The van der Waals surface area contributed by atoms with Crippen molar-refractivity contribution >= 4 is 17.5 Å². The fraction of sp³-hybridized carbons (Fsp3) is 0.355. The molecule has 1 heterocycles. The van der Waals surface area contributed by atoms with Crippen molar-refractivity contribution in [3.05, 3.63) is 106 Å². The van der Waals surface area contributed by atoms with Crippen LogP contribution in [0.15, 0.2) is 72.8 Å². The second-order valence-corrected chi connectivity index (χ2v) is 10.5. The molecule has 5 heteroatoms. The molecule has 3 aromatic rings. The maximum absolute atomic E-state index is 13.2. The van der Waals surface area contributed by atoms with Gasteiger partial charge in [-0.25, -0.2) is 0 Å². The summed E-state index contributed by atoms with van der Waals surface area (Å²) in [5.74, 6) is 0.411. The van der Waals surface area contributed by atoms with Crippen molar-refractivity contribution in [1.82, 2.24) is 4.90 Å². The van der Waals surface area contributed by atoms with Crippen LogP contribution in [0.5, 0.6) is 0 Å². The van der Waals surface area contributed by atoms with Gasteiger partial charge in [0.05, 0.1) is 10.6 Å². The smallest absolute Gasteiger partial charge is 0.258 e. The van der Waals surface area contributed by atoms with Crippen LogP contribution in [0.25, 0.3) is 0 Å². The van der Waals surface area contributed by atoms with Gasteiger partial charge in [0.25, 0.3) is 5.91 Å². The Hall–Kier alpha value is -3.13. The zero-order valence-corrected chi connectivity index (χ0v) is 21.7. The third kappa shape index (κ3) is 5.81. The largest absolute Gasteiger partial charge is 0.376 e. The van der Waals surface area contributed by atoms with Crippen molar-refractivity contribution in [2.24, 2.45) is 5.92 Å². The van der Waals surface area contributed by atoms with Gasteiger partial charge in [0.15, 0.2) is 5.60 Å².